The molecule has 1 aliphatic heterocycles. The van der Waals surface area contributed by atoms with Gasteiger partial charge in [-0.15, -0.1) is 0 Å². The van der Waals surface area contributed by atoms with Gasteiger partial charge in [-0.05, 0) is 61.6 Å². The predicted molar refractivity (Wildman–Crippen MR) is 120 cm³/mol. The van der Waals surface area contributed by atoms with E-state index in [0.29, 0.717) is 22.8 Å². The number of aromatic amines is 1. The van der Waals surface area contributed by atoms with E-state index in [0.717, 1.165) is 0 Å². The first-order valence-corrected chi connectivity index (χ1v) is 9.71. The van der Waals surface area contributed by atoms with Crippen LogP contribution < -0.4 is 15.3 Å². The fourth-order valence-corrected chi connectivity index (χ4v) is 3.50. The van der Waals surface area contributed by atoms with Crippen molar-refractivity contribution < 1.29 is 14.6 Å². The molecular weight excluding hydrogens is 416 g/mol. The number of anilines is 1. The number of carbonyl (C=O) groups excluding carboxylic acids is 1. The molecule has 1 amide bonds. The quantitative estimate of drug-likeness (QED) is 0.484. The molecule has 3 aromatic rings. The Morgan fingerprint density at radius 3 is 2.39 bits per heavy atom. The summed E-state index contributed by atoms with van der Waals surface area (Å²) in [6.45, 7) is 1.66. The van der Waals surface area contributed by atoms with E-state index in [4.69, 9.17) is 17.0 Å². The van der Waals surface area contributed by atoms with Crippen LogP contribution in [0.1, 0.15) is 12.5 Å². The highest BCUT2D eigenvalue weighted by atomic mass is 32.1. The standard InChI is InChI=1S/C22H18N4O4S/c1-13-17(21(29)26(24-13)15-6-4-3-5-7-15)12-18-19(27)23-22(31)25(20(18)28)14-8-10-16(30-2)11-9-14/h3-12,28H,1-2H3,(H,23,27,31)/b17-12+. The lowest BCUT2D eigenvalue weighted by Gasteiger charge is -2.13. The Balaban J connectivity index is 1.81. The number of carbonyl (C=O) groups is 1. The number of amides is 1. The third-order valence-corrected chi connectivity index (χ3v) is 5.09. The highest BCUT2D eigenvalue weighted by Gasteiger charge is 2.29. The van der Waals surface area contributed by atoms with E-state index in [1.54, 1.807) is 62.6 Å². The first-order chi connectivity index (χ1) is 14.9. The topological polar surface area (TPSA) is 99.9 Å². The van der Waals surface area contributed by atoms with Crippen LogP contribution in [-0.2, 0) is 4.79 Å². The van der Waals surface area contributed by atoms with Crippen molar-refractivity contribution in [2.75, 3.05) is 12.1 Å². The number of H-pyrrole nitrogens is 1. The van der Waals surface area contributed by atoms with Crippen molar-refractivity contribution in [2.45, 2.75) is 6.92 Å². The van der Waals surface area contributed by atoms with Gasteiger partial charge in [0.15, 0.2) is 4.77 Å². The highest BCUT2D eigenvalue weighted by Crippen LogP contribution is 2.27. The number of aromatic nitrogens is 2. The summed E-state index contributed by atoms with van der Waals surface area (Å²) in [7, 11) is 1.55. The summed E-state index contributed by atoms with van der Waals surface area (Å²) in [4.78, 5) is 28.1. The second-order valence-corrected chi connectivity index (χ2v) is 7.11. The van der Waals surface area contributed by atoms with Crippen molar-refractivity contribution in [3.05, 3.63) is 80.9 Å². The monoisotopic (exact) mass is 434 g/mol. The van der Waals surface area contributed by atoms with Crippen LogP contribution in [0, 0.1) is 4.77 Å². The third kappa shape index (κ3) is 3.66. The summed E-state index contributed by atoms with van der Waals surface area (Å²) < 4.78 is 6.47. The summed E-state index contributed by atoms with van der Waals surface area (Å²) in [5.41, 5.74) is 1.03. The summed E-state index contributed by atoms with van der Waals surface area (Å²) >= 11 is 5.24. The number of para-hydroxylation sites is 1. The fraction of sp³-hybridized carbons (Fsp3) is 0.0909. The van der Waals surface area contributed by atoms with Crippen LogP contribution in [-0.4, -0.2) is 33.4 Å². The Hall–Kier alpha value is -3.98. The highest BCUT2D eigenvalue weighted by molar-refractivity contribution is 7.71. The van der Waals surface area contributed by atoms with Gasteiger partial charge in [0, 0.05) is 0 Å². The Morgan fingerprint density at radius 2 is 1.74 bits per heavy atom. The molecule has 0 fully saturated rings. The number of benzene rings is 2. The maximum absolute atomic E-state index is 12.9. The molecule has 4 rings (SSSR count). The van der Waals surface area contributed by atoms with Gasteiger partial charge in [-0.2, -0.15) is 10.1 Å². The number of ether oxygens (including phenoxy) is 1. The zero-order chi connectivity index (χ0) is 22.1. The predicted octanol–water partition coefficient (Wildman–Crippen LogP) is 3.42. The molecule has 156 valence electrons. The van der Waals surface area contributed by atoms with Crippen molar-refractivity contribution in [2.24, 2.45) is 5.10 Å². The first kappa shape index (κ1) is 20.3. The van der Waals surface area contributed by atoms with E-state index < -0.39 is 11.5 Å². The number of hydrogen-bond donors (Lipinski definition) is 2. The van der Waals surface area contributed by atoms with Gasteiger partial charge in [0.05, 0.1) is 29.8 Å². The molecule has 0 bridgehead atoms. The molecule has 0 spiro atoms. The molecule has 0 aliphatic carbocycles. The van der Waals surface area contributed by atoms with E-state index >= 15 is 0 Å². The number of nitrogens with one attached hydrogen (secondary N) is 1. The number of hydrogen-bond acceptors (Lipinski definition) is 6. The van der Waals surface area contributed by atoms with Crippen molar-refractivity contribution in [3.63, 3.8) is 0 Å². The molecule has 9 heteroatoms. The number of nitrogens with zero attached hydrogens (tertiary/aromatic N) is 3. The Labute approximate surface area is 182 Å². The molecule has 0 saturated heterocycles. The van der Waals surface area contributed by atoms with Crippen LogP contribution in [0.25, 0.3) is 11.8 Å². The average molecular weight is 434 g/mol. The van der Waals surface area contributed by atoms with Crippen LogP contribution >= 0.6 is 12.2 Å². The van der Waals surface area contributed by atoms with Crippen molar-refractivity contribution in [1.82, 2.24) is 9.55 Å². The molecule has 0 radical (unpaired) electrons. The SMILES string of the molecule is COc1ccc(-n2c(O)c(/C=C3/C(=O)N(c4ccccc4)N=C3C)c(=O)[nH]c2=S)cc1. The van der Waals surface area contributed by atoms with E-state index in [1.807, 2.05) is 6.07 Å². The van der Waals surface area contributed by atoms with Gasteiger partial charge in [-0.1, -0.05) is 18.2 Å². The van der Waals surface area contributed by atoms with Crippen molar-refractivity contribution in [3.8, 4) is 17.3 Å². The normalized spacial score (nSPS) is 14.8. The number of hydrazone groups is 1. The van der Waals surface area contributed by atoms with Crippen LogP contribution in [0.5, 0.6) is 11.6 Å². The average Bonchev–Trinajstić information content (AvgIpc) is 3.05. The largest absolute Gasteiger partial charge is 0.497 e. The summed E-state index contributed by atoms with van der Waals surface area (Å²) in [6, 6.07) is 15.7. The first-order valence-electron chi connectivity index (χ1n) is 9.30. The van der Waals surface area contributed by atoms with Gasteiger partial charge in [-0.25, -0.2) is 0 Å². The van der Waals surface area contributed by atoms with Gasteiger partial charge < -0.3 is 9.84 Å². The van der Waals surface area contributed by atoms with Crippen LogP contribution in [0.2, 0.25) is 0 Å². The molecule has 0 saturated carbocycles. The smallest absolute Gasteiger partial charge is 0.280 e. The maximum atomic E-state index is 12.9. The second kappa shape index (κ2) is 8.04. The zero-order valence-electron chi connectivity index (χ0n) is 16.7. The number of aromatic hydroxyl groups is 1. The van der Waals surface area contributed by atoms with Gasteiger partial charge in [0.2, 0.25) is 5.88 Å². The Kier molecular flexibility index (Phi) is 5.26. The molecule has 2 aromatic carbocycles. The van der Waals surface area contributed by atoms with Crippen molar-refractivity contribution in [1.29, 1.82) is 0 Å². The number of rotatable bonds is 4. The molecule has 2 heterocycles. The molecule has 1 aromatic heterocycles. The zero-order valence-corrected chi connectivity index (χ0v) is 17.5. The van der Waals surface area contributed by atoms with E-state index in [2.05, 4.69) is 10.1 Å². The van der Waals surface area contributed by atoms with Crippen molar-refractivity contribution >= 4 is 35.6 Å². The molecule has 0 unspecified atom stereocenters. The fourth-order valence-electron chi connectivity index (χ4n) is 3.21. The molecule has 31 heavy (non-hydrogen) atoms. The van der Waals surface area contributed by atoms with Gasteiger partial charge >= 0.3 is 0 Å². The molecule has 8 nitrogen and oxygen atoms in total. The molecule has 1 aliphatic rings. The molecule has 0 atom stereocenters. The molecule has 2 N–H and O–H groups in total. The van der Waals surface area contributed by atoms with E-state index in [9.17, 15) is 14.7 Å². The minimum Gasteiger partial charge on any atom is -0.497 e. The van der Waals surface area contributed by atoms with Gasteiger partial charge in [-0.3, -0.25) is 19.1 Å². The Morgan fingerprint density at radius 1 is 1.06 bits per heavy atom. The Bertz CT molecular complexity index is 1340. The lowest BCUT2D eigenvalue weighted by molar-refractivity contribution is -0.114. The van der Waals surface area contributed by atoms with Gasteiger partial charge in [0.1, 0.15) is 11.3 Å². The molecular formula is C22H18N4O4S. The van der Waals surface area contributed by atoms with E-state index in [-0.39, 0.29) is 21.8 Å². The number of methoxy groups -OCH3 is 1. The minimum atomic E-state index is -0.612. The van der Waals surface area contributed by atoms with Crippen LogP contribution in [0.4, 0.5) is 5.69 Å². The maximum Gasteiger partial charge on any atom is 0.280 e. The minimum absolute atomic E-state index is 0.0175. The third-order valence-electron chi connectivity index (χ3n) is 4.80. The summed E-state index contributed by atoms with van der Waals surface area (Å²) in [5, 5.41) is 16.4. The van der Waals surface area contributed by atoms with Gasteiger partial charge in [0.25, 0.3) is 11.5 Å². The lowest BCUT2D eigenvalue weighted by atomic mass is 10.1. The van der Waals surface area contributed by atoms with Crippen LogP contribution in [0.15, 0.2) is 70.1 Å². The van der Waals surface area contributed by atoms with Crippen LogP contribution in [0.3, 0.4) is 0 Å². The van der Waals surface area contributed by atoms with E-state index in [1.165, 1.54) is 15.7 Å². The summed E-state index contributed by atoms with van der Waals surface area (Å²) in [5.74, 6) is -0.156. The lowest BCUT2D eigenvalue weighted by Crippen LogP contribution is -2.22. The summed E-state index contributed by atoms with van der Waals surface area (Å²) in [6.07, 6.45) is 1.33. The second-order valence-electron chi connectivity index (χ2n) is 6.73.